The van der Waals surface area contributed by atoms with Crippen molar-refractivity contribution in [3.05, 3.63) is 48.4 Å². The van der Waals surface area contributed by atoms with Crippen molar-refractivity contribution in [3.63, 3.8) is 0 Å². The molecular formula is C19H22N6O. The predicted octanol–water partition coefficient (Wildman–Crippen LogP) is 2.84. The molecule has 1 aliphatic heterocycles. The minimum atomic E-state index is 0.318. The molecule has 0 saturated carbocycles. The molecule has 26 heavy (non-hydrogen) atoms. The van der Waals surface area contributed by atoms with Gasteiger partial charge in [-0.15, -0.1) is 0 Å². The average molecular weight is 350 g/mol. The molecule has 3 N–H and O–H groups in total. The smallest absolute Gasteiger partial charge is 0.221 e. The van der Waals surface area contributed by atoms with E-state index in [0.29, 0.717) is 11.9 Å². The van der Waals surface area contributed by atoms with E-state index in [1.165, 1.54) is 5.69 Å². The molecule has 1 aromatic carbocycles. The van der Waals surface area contributed by atoms with Crippen molar-refractivity contribution in [2.75, 3.05) is 30.8 Å². The van der Waals surface area contributed by atoms with Crippen molar-refractivity contribution in [1.29, 1.82) is 0 Å². The lowest BCUT2D eigenvalue weighted by molar-refractivity contribution is 0.415. The number of ether oxygens (including phenoxy) is 1. The molecule has 0 unspecified atom stereocenters. The second-order valence-corrected chi connectivity index (χ2v) is 6.46. The Bertz CT molecular complexity index is 885. The highest BCUT2D eigenvalue weighted by Gasteiger charge is 2.25. The van der Waals surface area contributed by atoms with Crippen molar-refractivity contribution >= 4 is 11.8 Å². The van der Waals surface area contributed by atoms with Crippen LogP contribution in [0.1, 0.15) is 24.5 Å². The maximum absolute atomic E-state index is 5.71. The molecule has 3 heterocycles. The quantitative estimate of drug-likeness (QED) is 0.751. The topological polar surface area (TPSA) is 93.0 Å². The monoisotopic (exact) mass is 350 g/mol. The van der Waals surface area contributed by atoms with E-state index in [-0.39, 0.29) is 0 Å². The van der Waals surface area contributed by atoms with Crippen LogP contribution in [0.4, 0.5) is 11.8 Å². The van der Waals surface area contributed by atoms with Crippen molar-refractivity contribution in [2.45, 2.75) is 18.8 Å². The minimum Gasteiger partial charge on any atom is -0.497 e. The van der Waals surface area contributed by atoms with E-state index in [4.69, 9.17) is 10.5 Å². The van der Waals surface area contributed by atoms with Gasteiger partial charge in [-0.1, -0.05) is 12.1 Å². The fraction of sp³-hybridized carbons (Fsp3) is 0.316. The van der Waals surface area contributed by atoms with Gasteiger partial charge in [0.1, 0.15) is 11.6 Å². The van der Waals surface area contributed by atoms with E-state index >= 15 is 0 Å². The number of rotatable bonds is 4. The Kier molecular flexibility index (Phi) is 4.43. The van der Waals surface area contributed by atoms with E-state index in [0.717, 1.165) is 48.6 Å². The Morgan fingerprint density at radius 1 is 1.23 bits per heavy atom. The number of hydrogen-bond donors (Lipinski definition) is 2. The number of nitrogens with two attached hydrogens (primary N) is 1. The summed E-state index contributed by atoms with van der Waals surface area (Å²) in [4.78, 5) is 10.6. The van der Waals surface area contributed by atoms with Gasteiger partial charge < -0.3 is 15.4 Å². The van der Waals surface area contributed by atoms with Crippen LogP contribution in [0.25, 0.3) is 11.1 Å². The number of methoxy groups -OCH3 is 1. The fourth-order valence-corrected chi connectivity index (χ4v) is 3.57. The van der Waals surface area contributed by atoms with Crippen LogP contribution in [0.2, 0.25) is 0 Å². The third kappa shape index (κ3) is 3.20. The first-order valence-electron chi connectivity index (χ1n) is 8.76. The van der Waals surface area contributed by atoms with Gasteiger partial charge >= 0.3 is 0 Å². The van der Waals surface area contributed by atoms with Crippen molar-refractivity contribution in [1.82, 2.24) is 20.2 Å². The zero-order valence-electron chi connectivity index (χ0n) is 14.7. The van der Waals surface area contributed by atoms with Gasteiger partial charge in [-0.25, -0.2) is 4.98 Å². The second-order valence-electron chi connectivity index (χ2n) is 6.46. The molecule has 2 aromatic heterocycles. The van der Waals surface area contributed by atoms with Crippen LogP contribution in [0, 0.1) is 0 Å². The van der Waals surface area contributed by atoms with Crippen LogP contribution >= 0.6 is 0 Å². The minimum absolute atomic E-state index is 0.318. The summed E-state index contributed by atoms with van der Waals surface area (Å²) in [5.41, 5.74) is 9.17. The van der Waals surface area contributed by atoms with E-state index in [9.17, 15) is 0 Å². The van der Waals surface area contributed by atoms with Crippen molar-refractivity contribution < 1.29 is 4.74 Å². The summed E-state index contributed by atoms with van der Waals surface area (Å²) in [6.45, 7) is 1.86. The number of hydrogen-bond acceptors (Lipinski definition) is 6. The molecule has 0 atom stereocenters. The molecule has 7 nitrogen and oxygen atoms in total. The number of nitrogen functional groups attached to an aromatic ring is 1. The molecule has 0 radical (unpaired) electrons. The molecule has 134 valence electrons. The summed E-state index contributed by atoms with van der Waals surface area (Å²) in [7, 11) is 1.69. The first-order valence-corrected chi connectivity index (χ1v) is 8.76. The molecule has 3 aromatic rings. The van der Waals surface area contributed by atoms with Crippen LogP contribution < -0.4 is 15.4 Å². The van der Waals surface area contributed by atoms with Crippen LogP contribution in [-0.4, -0.2) is 40.4 Å². The van der Waals surface area contributed by atoms with Crippen LogP contribution in [0.5, 0.6) is 5.75 Å². The SMILES string of the molecule is COc1cccc(-c2cn[nH]c2C2CCN(c3ccnc(N)n3)CC2)c1. The highest BCUT2D eigenvalue weighted by atomic mass is 16.5. The molecule has 0 bridgehead atoms. The average Bonchev–Trinajstić information content (AvgIpc) is 3.18. The maximum Gasteiger partial charge on any atom is 0.221 e. The summed E-state index contributed by atoms with van der Waals surface area (Å²) < 4.78 is 5.35. The Morgan fingerprint density at radius 2 is 2.08 bits per heavy atom. The highest BCUT2D eigenvalue weighted by molar-refractivity contribution is 5.67. The summed E-state index contributed by atoms with van der Waals surface area (Å²) in [6, 6.07) is 10.0. The Hall–Kier alpha value is -3.09. The lowest BCUT2D eigenvalue weighted by atomic mass is 9.89. The molecule has 0 spiro atoms. The summed E-state index contributed by atoms with van der Waals surface area (Å²) in [5, 5.41) is 7.52. The molecular weight excluding hydrogens is 328 g/mol. The zero-order chi connectivity index (χ0) is 17.9. The van der Waals surface area contributed by atoms with Gasteiger partial charge in [-0.3, -0.25) is 5.10 Å². The molecule has 0 amide bonds. The number of aromatic nitrogens is 4. The second kappa shape index (κ2) is 7.03. The first kappa shape index (κ1) is 16.4. The number of aromatic amines is 1. The summed E-state index contributed by atoms with van der Waals surface area (Å²) >= 11 is 0. The number of nitrogens with one attached hydrogen (secondary N) is 1. The van der Waals surface area contributed by atoms with Crippen LogP contribution in [0.3, 0.4) is 0 Å². The summed E-state index contributed by atoms with van der Waals surface area (Å²) in [6.07, 6.45) is 5.67. The van der Waals surface area contributed by atoms with Crippen LogP contribution in [-0.2, 0) is 0 Å². The third-order valence-corrected chi connectivity index (χ3v) is 4.94. The standard InChI is InChI=1S/C19H22N6O/c1-26-15-4-2-3-14(11-15)16-12-22-24-18(16)13-6-9-25(10-7-13)17-5-8-21-19(20)23-17/h2-5,8,11-13H,6-7,9-10H2,1H3,(H,22,24)(H2,20,21,23). The van der Waals surface area contributed by atoms with Gasteiger partial charge in [0.25, 0.3) is 0 Å². The van der Waals surface area contributed by atoms with Crippen LogP contribution in [0.15, 0.2) is 42.7 Å². The molecule has 4 rings (SSSR count). The molecule has 1 fully saturated rings. The molecule has 0 aliphatic carbocycles. The zero-order valence-corrected chi connectivity index (χ0v) is 14.7. The lowest BCUT2D eigenvalue weighted by Gasteiger charge is -2.32. The number of nitrogens with zero attached hydrogens (tertiary/aromatic N) is 4. The largest absolute Gasteiger partial charge is 0.497 e. The van der Waals surface area contributed by atoms with Gasteiger partial charge in [0.15, 0.2) is 0 Å². The lowest BCUT2D eigenvalue weighted by Crippen LogP contribution is -2.33. The van der Waals surface area contributed by atoms with Crippen molar-refractivity contribution in [3.8, 4) is 16.9 Å². The predicted molar refractivity (Wildman–Crippen MR) is 101 cm³/mol. The van der Waals surface area contributed by atoms with Gasteiger partial charge in [0, 0.05) is 36.5 Å². The first-order chi connectivity index (χ1) is 12.7. The third-order valence-electron chi connectivity index (χ3n) is 4.94. The van der Waals surface area contributed by atoms with E-state index in [2.05, 4.69) is 31.1 Å². The van der Waals surface area contributed by atoms with Gasteiger partial charge in [-0.05, 0) is 36.6 Å². The normalized spacial score (nSPS) is 15.2. The summed E-state index contributed by atoms with van der Waals surface area (Å²) in [5.74, 6) is 2.51. The number of benzene rings is 1. The molecule has 1 saturated heterocycles. The number of H-pyrrole nitrogens is 1. The van der Waals surface area contributed by atoms with E-state index < -0.39 is 0 Å². The highest BCUT2D eigenvalue weighted by Crippen LogP contribution is 2.35. The Morgan fingerprint density at radius 3 is 2.85 bits per heavy atom. The van der Waals surface area contributed by atoms with Gasteiger partial charge in [-0.2, -0.15) is 10.1 Å². The van der Waals surface area contributed by atoms with Crippen molar-refractivity contribution in [2.24, 2.45) is 0 Å². The Balaban J connectivity index is 1.51. The van der Waals surface area contributed by atoms with E-state index in [1.807, 2.05) is 30.5 Å². The Labute approximate surface area is 152 Å². The maximum atomic E-state index is 5.71. The number of piperidine rings is 1. The van der Waals surface area contributed by atoms with Gasteiger partial charge in [0.05, 0.1) is 13.3 Å². The molecule has 7 heteroatoms. The molecule has 1 aliphatic rings. The van der Waals surface area contributed by atoms with E-state index in [1.54, 1.807) is 13.3 Å². The van der Waals surface area contributed by atoms with Gasteiger partial charge in [0.2, 0.25) is 5.95 Å². The fourth-order valence-electron chi connectivity index (χ4n) is 3.57. The number of anilines is 2.